The van der Waals surface area contributed by atoms with E-state index < -0.39 is 0 Å². The molecule has 0 fully saturated rings. The number of aryl methyl sites for hydroxylation is 1. The topological polar surface area (TPSA) is 75.1 Å². The molecule has 3 aromatic rings. The van der Waals surface area contributed by atoms with Crippen LogP contribution in [0.25, 0.3) is 11.0 Å². The second-order valence-corrected chi connectivity index (χ2v) is 6.03. The van der Waals surface area contributed by atoms with E-state index in [4.69, 9.17) is 4.42 Å². The number of benzene rings is 1. The number of H-pyrrole nitrogens is 1. The summed E-state index contributed by atoms with van der Waals surface area (Å²) in [6, 6.07) is 8.80. The minimum atomic E-state index is -0.278. The molecular weight excluding hydrogens is 304 g/mol. The van der Waals surface area contributed by atoms with Crippen LogP contribution in [0.5, 0.6) is 0 Å². The van der Waals surface area contributed by atoms with E-state index in [0.29, 0.717) is 22.3 Å². The molecule has 1 aromatic carbocycles. The van der Waals surface area contributed by atoms with Crippen LogP contribution in [0, 0.1) is 6.92 Å². The molecular formula is C19H16N2O3. The van der Waals surface area contributed by atoms with Crippen molar-refractivity contribution in [1.82, 2.24) is 4.98 Å². The zero-order valence-electron chi connectivity index (χ0n) is 13.3. The number of allylic oxidation sites excluding steroid dienone is 2. The first-order valence-electron chi connectivity index (χ1n) is 7.75. The molecule has 0 spiro atoms. The van der Waals surface area contributed by atoms with Crippen LogP contribution < -0.4 is 16.3 Å². The number of rotatable bonds is 1. The summed E-state index contributed by atoms with van der Waals surface area (Å²) in [5, 5.41) is 3.74. The van der Waals surface area contributed by atoms with Crippen LogP contribution in [-0.2, 0) is 0 Å². The molecule has 5 heteroatoms. The van der Waals surface area contributed by atoms with Crippen LogP contribution in [0.4, 0.5) is 5.69 Å². The molecule has 2 aromatic heterocycles. The van der Waals surface area contributed by atoms with Crippen LogP contribution in [0.1, 0.15) is 29.7 Å². The number of para-hydroxylation sites is 1. The molecule has 1 unspecified atom stereocenters. The van der Waals surface area contributed by atoms with E-state index in [1.165, 1.54) is 6.07 Å². The standard InChI is InChI=1S/C19H16N2O3/c1-10-8-14(17-15(21-10)6-7-20-19(17)23)12-4-3-5-13-16(22)9-11(2)24-18(12)13/h3-9,14,21H,1-2H3,(H,20,23). The third-order valence-corrected chi connectivity index (χ3v) is 4.30. The molecule has 5 nitrogen and oxygen atoms in total. The molecule has 0 saturated carbocycles. The van der Waals surface area contributed by atoms with Gasteiger partial charge in [0.05, 0.1) is 10.9 Å². The zero-order chi connectivity index (χ0) is 16.8. The summed E-state index contributed by atoms with van der Waals surface area (Å²) >= 11 is 0. The highest BCUT2D eigenvalue weighted by Crippen LogP contribution is 2.36. The first-order chi connectivity index (χ1) is 11.5. The van der Waals surface area contributed by atoms with Gasteiger partial charge in [-0.1, -0.05) is 18.2 Å². The Morgan fingerprint density at radius 2 is 1.96 bits per heavy atom. The predicted molar refractivity (Wildman–Crippen MR) is 93.5 cm³/mol. The van der Waals surface area contributed by atoms with E-state index in [1.807, 2.05) is 31.2 Å². The van der Waals surface area contributed by atoms with Crippen LogP contribution >= 0.6 is 0 Å². The molecule has 0 amide bonds. The van der Waals surface area contributed by atoms with E-state index >= 15 is 0 Å². The Labute approximate surface area is 137 Å². The Morgan fingerprint density at radius 1 is 1.12 bits per heavy atom. The van der Waals surface area contributed by atoms with E-state index in [1.54, 1.807) is 19.2 Å². The van der Waals surface area contributed by atoms with Crippen molar-refractivity contribution in [1.29, 1.82) is 0 Å². The van der Waals surface area contributed by atoms with Crippen LogP contribution in [0.2, 0.25) is 0 Å². The van der Waals surface area contributed by atoms with Crippen molar-refractivity contribution >= 4 is 16.7 Å². The average molecular weight is 320 g/mol. The Bertz CT molecular complexity index is 1110. The third kappa shape index (κ3) is 2.17. The number of nitrogens with one attached hydrogen (secondary N) is 2. The smallest absolute Gasteiger partial charge is 0.254 e. The van der Waals surface area contributed by atoms with Crippen LogP contribution in [0.3, 0.4) is 0 Å². The summed E-state index contributed by atoms with van der Waals surface area (Å²) < 4.78 is 5.86. The molecule has 0 bridgehead atoms. The summed E-state index contributed by atoms with van der Waals surface area (Å²) in [6.45, 7) is 3.70. The second-order valence-electron chi connectivity index (χ2n) is 6.03. The van der Waals surface area contributed by atoms with Crippen molar-refractivity contribution < 1.29 is 4.42 Å². The van der Waals surface area contributed by atoms with E-state index in [0.717, 1.165) is 16.9 Å². The quantitative estimate of drug-likeness (QED) is 0.722. The summed E-state index contributed by atoms with van der Waals surface area (Å²) in [7, 11) is 0. The van der Waals surface area contributed by atoms with E-state index in [-0.39, 0.29) is 16.9 Å². The molecule has 1 aliphatic rings. The molecule has 1 atom stereocenters. The summed E-state index contributed by atoms with van der Waals surface area (Å²) in [4.78, 5) is 27.4. The molecule has 0 radical (unpaired) electrons. The molecule has 4 rings (SSSR count). The summed E-state index contributed by atoms with van der Waals surface area (Å²) in [5.41, 5.74) is 3.47. The van der Waals surface area contributed by atoms with Crippen molar-refractivity contribution in [2.24, 2.45) is 0 Å². The maximum absolute atomic E-state index is 12.4. The normalized spacial score (nSPS) is 16.4. The minimum Gasteiger partial charge on any atom is -0.461 e. The van der Waals surface area contributed by atoms with Crippen molar-refractivity contribution in [3.05, 3.63) is 85.8 Å². The highest BCUT2D eigenvalue weighted by atomic mass is 16.3. The summed E-state index contributed by atoms with van der Waals surface area (Å²) in [5.74, 6) is 0.275. The molecule has 2 N–H and O–H groups in total. The van der Waals surface area contributed by atoms with Gasteiger partial charge < -0.3 is 14.7 Å². The number of fused-ring (bicyclic) bond motifs is 2. The van der Waals surface area contributed by atoms with Crippen molar-refractivity contribution in [2.45, 2.75) is 19.8 Å². The van der Waals surface area contributed by atoms with Crippen LogP contribution in [0.15, 0.2) is 62.3 Å². The van der Waals surface area contributed by atoms with Crippen molar-refractivity contribution in [3.63, 3.8) is 0 Å². The summed E-state index contributed by atoms with van der Waals surface area (Å²) in [6.07, 6.45) is 3.60. The Morgan fingerprint density at radius 3 is 2.79 bits per heavy atom. The molecule has 0 aliphatic carbocycles. The van der Waals surface area contributed by atoms with Crippen molar-refractivity contribution in [2.75, 3.05) is 5.32 Å². The van der Waals surface area contributed by atoms with Crippen LogP contribution in [-0.4, -0.2) is 4.98 Å². The number of pyridine rings is 1. The van der Waals surface area contributed by atoms with Gasteiger partial charge in [-0.15, -0.1) is 0 Å². The van der Waals surface area contributed by atoms with Gasteiger partial charge in [-0.2, -0.15) is 0 Å². The molecule has 24 heavy (non-hydrogen) atoms. The van der Waals surface area contributed by atoms with E-state index in [2.05, 4.69) is 10.3 Å². The maximum Gasteiger partial charge on any atom is 0.254 e. The van der Waals surface area contributed by atoms with Crippen molar-refractivity contribution in [3.8, 4) is 0 Å². The number of hydrogen-bond acceptors (Lipinski definition) is 4. The molecule has 3 heterocycles. The van der Waals surface area contributed by atoms with Gasteiger partial charge in [-0.05, 0) is 26.0 Å². The van der Waals surface area contributed by atoms with E-state index in [9.17, 15) is 9.59 Å². The predicted octanol–water partition coefficient (Wildman–Crippen LogP) is 3.25. The Kier molecular flexibility index (Phi) is 3.16. The lowest BCUT2D eigenvalue weighted by atomic mass is 9.87. The lowest BCUT2D eigenvalue weighted by molar-refractivity contribution is 0.560. The SMILES string of the molecule is CC1=CC(c2cccc3c(=O)cc(C)oc23)c2c(cc[nH]c2=O)N1. The average Bonchev–Trinajstić information content (AvgIpc) is 2.53. The number of hydrogen-bond donors (Lipinski definition) is 2. The fourth-order valence-corrected chi connectivity index (χ4v) is 3.30. The maximum atomic E-state index is 12.4. The fourth-order valence-electron chi connectivity index (χ4n) is 3.30. The highest BCUT2D eigenvalue weighted by Gasteiger charge is 2.26. The van der Waals surface area contributed by atoms with Gasteiger partial charge in [0.25, 0.3) is 5.56 Å². The molecule has 120 valence electrons. The second kappa shape index (κ2) is 5.23. The first-order valence-corrected chi connectivity index (χ1v) is 7.75. The minimum absolute atomic E-state index is 0.0765. The Hall–Kier alpha value is -3.08. The van der Waals surface area contributed by atoms with Gasteiger partial charge in [0, 0.05) is 35.1 Å². The monoisotopic (exact) mass is 320 g/mol. The van der Waals surface area contributed by atoms with Gasteiger partial charge in [0.15, 0.2) is 5.43 Å². The first kappa shape index (κ1) is 14.5. The number of aromatic amines is 1. The molecule has 0 saturated heterocycles. The Balaban J connectivity index is 2.07. The zero-order valence-corrected chi connectivity index (χ0v) is 13.3. The number of anilines is 1. The molecule has 1 aliphatic heterocycles. The van der Waals surface area contributed by atoms with Gasteiger partial charge >= 0.3 is 0 Å². The van der Waals surface area contributed by atoms with Gasteiger partial charge in [-0.3, -0.25) is 9.59 Å². The number of aromatic nitrogens is 1. The van der Waals surface area contributed by atoms with Gasteiger partial charge in [0.2, 0.25) is 0 Å². The van der Waals surface area contributed by atoms with Gasteiger partial charge in [-0.25, -0.2) is 0 Å². The van der Waals surface area contributed by atoms with Gasteiger partial charge in [0.1, 0.15) is 11.3 Å². The fraction of sp³-hybridized carbons (Fsp3) is 0.158. The third-order valence-electron chi connectivity index (χ3n) is 4.30. The highest BCUT2D eigenvalue weighted by molar-refractivity contribution is 5.82. The largest absolute Gasteiger partial charge is 0.461 e. The lowest BCUT2D eigenvalue weighted by Crippen LogP contribution is -2.22. The lowest BCUT2D eigenvalue weighted by Gasteiger charge is -2.24.